The lowest BCUT2D eigenvalue weighted by molar-refractivity contribution is -0.00000254. The summed E-state index contributed by atoms with van der Waals surface area (Å²) < 4.78 is 12.2. The van der Waals surface area contributed by atoms with Crippen LogP contribution in [-0.2, 0) is 6.54 Å². The number of halogens is 2. The fraction of sp³-hybridized carbons (Fsp3) is 0.143. The summed E-state index contributed by atoms with van der Waals surface area (Å²) >= 11 is 0. The Morgan fingerprint density at radius 2 is 1.80 bits per heavy atom. The van der Waals surface area contributed by atoms with E-state index in [-0.39, 0.29) is 19.7 Å². The highest BCUT2D eigenvalue weighted by molar-refractivity contribution is 5.15. The van der Waals surface area contributed by atoms with Crippen molar-refractivity contribution in [1.82, 2.24) is 0 Å². The lowest BCUT2D eigenvalue weighted by atomic mass is 10.2. The van der Waals surface area contributed by atoms with Crippen LogP contribution in [0.1, 0.15) is 6.99 Å². The fourth-order valence-corrected chi connectivity index (χ4v) is 0.620. The van der Waals surface area contributed by atoms with Crippen LogP contribution in [0.4, 0.5) is 4.39 Å². The second kappa shape index (κ2) is 4.25. The van der Waals surface area contributed by atoms with E-state index in [2.05, 4.69) is 0 Å². The third kappa shape index (κ3) is 2.33. The molecule has 10 heavy (non-hydrogen) atoms. The molecule has 0 aliphatic carbocycles. The molecule has 3 heteroatoms. The van der Waals surface area contributed by atoms with Gasteiger partial charge in [0.1, 0.15) is 5.82 Å². The molecule has 0 aromatic heterocycles. The summed E-state index contributed by atoms with van der Waals surface area (Å²) in [5, 5.41) is 0. The van der Waals surface area contributed by atoms with Crippen molar-refractivity contribution in [3.63, 3.8) is 0 Å². The highest BCUT2D eigenvalue weighted by Gasteiger charge is 1.87. The SMILES string of the molecule is NCc1ccc(F)cc1.[Cl-].[H+]. The van der Waals surface area contributed by atoms with Crippen LogP contribution in [-0.4, -0.2) is 0 Å². The van der Waals surface area contributed by atoms with Crippen LogP contribution in [0.5, 0.6) is 0 Å². The first-order valence-electron chi connectivity index (χ1n) is 2.77. The molecule has 1 nitrogen and oxygen atoms in total. The van der Waals surface area contributed by atoms with Crippen molar-refractivity contribution in [2.75, 3.05) is 0 Å². The van der Waals surface area contributed by atoms with Gasteiger partial charge in [-0.1, -0.05) is 12.1 Å². The van der Waals surface area contributed by atoms with Gasteiger partial charge in [-0.2, -0.15) is 0 Å². The van der Waals surface area contributed by atoms with Gasteiger partial charge in [-0.05, 0) is 17.7 Å². The molecule has 56 valence electrons. The normalized spacial score (nSPS) is 8.60. The smallest absolute Gasteiger partial charge is 1.00 e. The lowest BCUT2D eigenvalue weighted by Crippen LogP contribution is -3.00. The molecule has 0 spiro atoms. The maximum atomic E-state index is 12.2. The van der Waals surface area contributed by atoms with Crippen LogP contribution in [0.25, 0.3) is 0 Å². The van der Waals surface area contributed by atoms with E-state index < -0.39 is 0 Å². The van der Waals surface area contributed by atoms with Crippen molar-refractivity contribution in [2.45, 2.75) is 6.54 Å². The molecular weight excluding hydrogens is 153 g/mol. The summed E-state index contributed by atoms with van der Waals surface area (Å²) in [6, 6.07) is 6.16. The minimum absolute atomic E-state index is 0. The minimum atomic E-state index is -0.216. The second-order valence-electron chi connectivity index (χ2n) is 1.83. The summed E-state index contributed by atoms with van der Waals surface area (Å²) in [5.74, 6) is -0.216. The largest absolute Gasteiger partial charge is 1.00 e. The zero-order valence-electron chi connectivity index (χ0n) is 6.35. The van der Waals surface area contributed by atoms with E-state index in [4.69, 9.17) is 5.73 Å². The van der Waals surface area contributed by atoms with E-state index in [9.17, 15) is 4.39 Å². The Bertz CT molecular complexity index is 190. The summed E-state index contributed by atoms with van der Waals surface area (Å²) in [5.41, 5.74) is 6.23. The minimum Gasteiger partial charge on any atom is -1.00 e. The van der Waals surface area contributed by atoms with Gasteiger partial charge in [-0.25, -0.2) is 4.39 Å². The molecule has 0 atom stereocenters. The van der Waals surface area contributed by atoms with Gasteiger partial charge in [-0.15, -0.1) is 0 Å². The molecule has 1 aromatic rings. The van der Waals surface area contributed by atoms with Gasteiger partial charge in [0, 0.05) is 6.54 Å². The molecule has 0 heterocycles. The number of nitrogens with two attached hydrogens (primary N) is 1. The van der Waals surface area contributed by atoms with Gasteiger partial charge in [0.05, 0.1) is 0 Å². The van der Waals surface area contributed by atoms with Crippen LogP contribution in [0.3, 0.4) is 0 Å². The van der Waals surface area contributed by atoms with Crippen LogP contribution < -0.4 is 18.1 Å². The maximum Gasteiger partial charge on any atom is 1.00 e. The predicted octanol–water partition coefficient (Wildman–Crippen LogP) is -1.60. The Morgan fingerprint density at radius 3 is 2.20 bits per heavy atom. The van der Waals surface area contributed by atoms with Gasteiger partial charge in [0.25, 0.3) is 0 Å². The predicted molar refractivity (Wildman–Crippen MR) is 35.4 cm³/mol. The number of hydrogen-bond donors (Lipinski definition) is 1. The molecular formula is C7H9ClFN. The standard InChI is InChI=1S/C7H8FN.ClH/c8-7-3-1-6(5-9)2-4-7;/h1-4H,5,9H2;1H. The fourth-order valence-electron chi connectivity index (χ4n) is 0.620. The molecule has 0 saturated carbocycles. The molecule has 1 rings (SSSR count). The Balaban J connectivity index is 0. The maximum absolute atomic E-state index is 12.2. The summed E-state index contributed by atoms with van der Waals surface area (Å²) in [7, 11) is 0. The topological polar surface area (TPSA) is 26.0 Å². The molecule has 2 N–H and O–H groups in total. The average Bonchev–Trinajstić information content (AvgIpc) is 1.90. The molecule has 0 aliphatic rings. The number of hydrogen-bond acceptors (Lipinski definition) is 1. The highest BCUT2D eigenvalue weighted by atomic mass is 35.5. The first-order valence-corrected chi connectivity index (χ1v) is 2.77. The first kappa shape index (κ1) is 9.40. The molecule has 0 saturated heterocycles. The van der Waals surface area contributed by atoms with E-state index in [1.165, 1.54) is 12.1 Å². The van der Waals surface area contributed by atoms with Crippen molar-refractivity contribution < 1.29 is 18.2 Å². The van der Waals surface area contributed by atoms with Gasteiger partial charge < -0.3 is 18.1 Å². The molecule has 0 fully saturated rings. The van der Waals surface area contributed by atoms with Crippen LogP contribution in [0.2, 0.25) is 0 Å². The molecule has 0 radical (unpaired) electrons. The van der Waals surface area contributed by atoms with Crippen molar-refractivity contribution in [3.8, 4) is 0 Å². The molecule has 0 aliphatic heterocycles. The van der Waals surface area contributed by atoms with E-state index in [0.717, 1.165) is 5.56 Å². The van der Waals surface area contributed by atoms with E-state index in [0.29, 0.717) is 6.54 Å². The van der Waals surface area contributed by atoms with Crippen molar-refractivity contribution in [1.29, 1.82) is 0 Å². The van der Waals surface area contributed by atoms with Crippen molar-refractivity contribution in [2.24, 2.45) is 5.73 Å². The Labute approximate surface area is 66.9 Å². The Kier molecular flexibility index (Phi) is 4.00. The first-order chi connectivity index (χ1) is 4.33. The van der Waals surface area contributed by atoms with E-state index in [1.54, 1.807) is 12.1 Å². The number of rotatable bonds is 1. The second-order valence-corrected chi connectivity index (χ2v) is 1.83. The van der Waals surface area contributed by atoms with Gasteiger partial charge in [-0.3, -0.25) is 0 Å². The molecule has 0 unspecified atom stereocenters. The Hall–Kier alpha value is -0.600. The van der Waals surface area contributed by atoms with Crippen LogP contribution in [0, 0.1) is 5.82 Å². The lowest BCUT2D eigenvalue weighted by Gasteiger charge is -1.92. The summed E-state index contributed by atoms with van der Waals surface area (Å²) in [6.07, 6.45) is 0. The van der Waals surface area contributed by atoms with E-state index in [1.807, 2.05) is 0 Å². The molecule has 1 aromatic carbocycles. The third-order valence-electron chi connectivity index (χ3n) is 1.15. The molecule has 0 amide bonds. The monoisotopic (exact) mass is 161 g/mol. The van der Waals surface area contributed by atoms with Gasteiger partial charge in [0.15, 0.2) is 0 Å². The number of benzene rings is 1. The quantitative estimate of drug-likeness (QED) is 0.528. The van der Waals surface area contributed by atoms with Crippen LogP contribution >= 0.6 is 0 Å². The highest BCUT2D eigenvalue weighted by Crippen LogP contribution is 2.00. The van der Waals surface area contributed by atoms with E-state index >= 15 is 0 Å². The van der Waals surface area contributed by atoms with Crippen LogP contribution in [0.15, 0.2) is 24.3 Å². The zero-order chi connectivity index (χ0) is 6.69. The summed E-state index contributed by atoms with van der Waals surface area (Å²) in [6.45, 7) is 0.472. The summed E-state index contributed by atoms with van der Waals surface area (Å²) in [4.78, 5) is 0. The van der Waals surface area contributed by atoms with Gasteiger partial charge >= 0.3 is 1.43 Å². The zero-order valence-corrected chi connectivity index (χ0v) is 6.11. The average molecular weight is 162 g/mol. The Morgan fingerprint density at radius 1 is 1.30 bits per heavy atom. The molecule has 0 bridgehead atoms. The van der Waals surface area contributed by atoms with Crippen molar-refractivity contribution in [3.05, 3.63) is 35.6 Å². The van der Waals surface area contributed by atoms with Crippen molar-refractivity contribution >= 4 is 0 Å². The van der Waals surface area contributed by atoms with Gasteiger partial charge in [0.2, 0.25) is 0 Å². The third-order valence-corrected chi connectivity index (χ3v) is 1.15.